The second-order valence-corrected chi connectivity index (χ2v) is 6.58. The van der Waals surface area contributed by atoms with Crippen molar-refractivity contribution in [3.63, 3.8) is 0 Å². The number of unbranched alkanes of at least 4 members (excludes halogenated alkanes) is 2. The van der Waals surface area contributed by atoms with Crippen LogP contribution in [0.2, 0.25) is 0 Å². The number of aliphatic hydroxyl groups excluding tert-OH is 1. The van der Waals surface area contributed by atoms with Crippen LogP contribution in [-0.2, 0) is 9.59 Å². The Labute approximate surface area is 139 Å². The average molecular weight is 324 g/mol. The molecule has 1 saturated carbocycles. The molecule has 2 unspecified atom stereocenters. The highest BCUT2D eigenvalue weighted by molar-refractivity contribution is 5.91. The Balaban J connectivity index is 2.35. The zero-order chi connectivity index (χ0) is 17.2. The molecule has 1 rings (SSSR count). The Hall–Kier alpha value is -1.36. The fourth-order valence-electron chi connectivity index (χ4n) is 2.76. The SMILES string of the molecule is C=C(O)CC(NC(=O)CCCCCNCC)C(=O)C(C)C1CC1. The highest BCUT2D eigenvalue weighted by Crippen LogP contribution is 2.37. The van der Waals surface area contributed by atoms with Gasteiger partial charge in [-0.2, -0.15) is 0 Å². The van der Waals surface area contributed by atoms with E-state index in [4.69, 9.17) is 0 Å². The third-order valence-electron chi connectivity index (χ3n) is 4.40. The molecule has 0 saturated heterocycles. The summed E-state index contributed by atoms with van der Waals surface area (Å²) in [5.74, 6) is 0.233. The van der Waals surface area contributed by atoms with Gasteiger partial charge >= 0.3 is 0 Å². The number of amides is 1. The van der Waals surface area contributed by atoms with Gasteiger partial charge in [-0.1, -0.05) is 26.8 Å². The van der Waals surface area contributed by atoms with E-state index in [1.54, 1.807) is 0 Å². The van der Waals surface area contributed by atoms with Gasteiger partial charge in [0, 0.05) is 18.8 Å². The number of Topliss-reactive ketones (excluding diaryl/α,β-unsaturated/α-hetero) is 1. The fraction of sp³-hybridized carbons (Fsp3) is 0.778. The van der Waals surface area contributed by atoms with Crippen LogP contribution in [0.4, 0.5) is 0 Å². The lowest BCUT2D eigenvalue weighted by Gasteiger charge is -2.21. The van der Waals surface area contributed by atoms with E-state index in [0.717, 1.165) is 45.2 Å². The highest BCUT2D eigenvalue weighted by Gasteiger charge is 2.36. The second-order valence-electron chi connectivity index (χ2n) is 6.58. The molecule has 5 heteroatoms. The van der Waals surface area contributed by atoms with Crippen LogP contribution in [0.1, 0.15) is 58.8 Å². The standard InChI is InChI=1S/C18H32N2O3/c1-4-19-11-7-5-6-8-17(22)20-16(12-13(2)21)18(23)14(3)15-9-10-15/h14-16,19,21H,2,4-12H2,1,3H3,(H,20,22). The molecule has 2 atom stereocenters. The summed E-state index contributed by atoms with van der Waals surface area (Å²) in [6.45, 7) is 9.38. The van der Waals surface area contributed by atoms with Crippen molar-refractivity contribution in [1.29, 1.82) is 0 Å². The molecule has 1 aliphatic carbocycles. The van der Waals surface area contributed by atoms with Crippen LogP contribution < -0.4 is 10.6 Å². The van der Waals surface area contributed by atoms with Gasteiger partial charge in [0.05, 0.1) is 11.8 Å². The molecule has 3 N–H and O–H groups in total. The van der Waals surface area contributed by atoms with E-state index in [1.807, 2.05) is 6.92 Å². The van der Waals surface area contributed by atoms with Gasteiger partial charge in [0.25, 0.3) is 0 Å². The van der Waals surface area contributed by atoms with Crippen molar-refractivity contribution in [3.05, 3.63) is 12.3 Å². The van der Waals surface area contributed by atoms with Crippen molar-refractivity contribution >= 4 is 11.7 Å². The Morgan fingerprint density at radius 2 is 1.96 bits per heavy atom. The van der Waals surface area contributed by atoms with Gasteiger partial charge in [-0.05, 0) is 44.7 Å². The predicted octanol–water partition coefficient (Wildman–Crippen LogP) is 2.72. The molecule has 0 heterocycles. The molecule has 23 heavy (non-hydrogen) atoms. The predicted molar refractivity (Wildman–Crippen MR) is 92.2 cm³/mol. The van der Waals surface area contributed by atoms with Gasteiger partial charge in [0.15, 0.2) is 5.78 Å². The first-order valence-electron chi connectivity index (χ1n) is 8.86. The number of hydrogen-bond acceptors (Lipinski definition) is 4. The summed E-state index contributed by atoms with van der Waals surface area (Å²) >= 11 is 0. The van der Waals surface area contributed by atoms with Gasteiger partial charge < -0.3 is 15.7 Å². The Bertz CT molecular complexity index is 405. The number of carbonyl (C=O) groups excluding carboxylic acids is 2. The van der Waals surface area contributed by atoms with Crippen molar-refractivity contribution in [2.75, 3.05) is 13.1 Å². The number of rotatable bonds is 13. The third-order valence-corrected chi connectivity index (χ3v) is 4.40. The van der Waals surface area contributed by atoms with Crippen LogP contribution in [0.3, 0.4) is 0 Å². The van der Waals surface area contributed by atoms with Gasteiger partial charge in [-0.25, -0.2) is 0 Å². The summed E-state index contributed by atoms with van der Waals surface area (Å²) in [6.07, 6.45) is 5.56. The minimum absolute atomic E-state index is 0.0168. The van der Waals surface area contributed by atoms with Crippen molar-refractivity contribution in [2.24, 2.45) is 11.8 Å². The normalized spacial score (nSPS) is 16.6. The second kappa shape index (κ2) is 10.4. The molecule has 1 aliphatic rings. The third kappa shape index (κ3) is 8.16. The summed E-state index contributed by atoms with van der Waals surface area (Å²) < 4.78 is 0. The van der Waals surface area contributed by atoms with Crippen LogP contribution in [0, 0.1) is 11.8 Å². The minimum atomic E-state index is -0.641. The molecule has 5 nitrogen and oxygen atoms in total. The van der Waals surface area contributed by atoms with Crippen LogP contribution >= 0.6 is 0 Å². The average Bonchev–Trinajstić information content (AvgIpc) is 3.33. The maximum Gasteiger partial charge on any atom is 0.220 e. The maximum atomic E-state index is 12.5. The Kier molecular flexibility index (Phi) is 8.92. The number of nitrogens with one attached hydrogen (secondary N) is 2. The Morgan fingerprint density at radius 1 is 1.26 bits per heavy atom. The molecule has 0 aromatic rings. The van der Waals surface area contributed by atoms with Crippen molar-refractivity contribution in [3.8, 4) is 0 Å². The van der Waals surface area contributed by atoms with Crippen LogP contribution in [0.25, 0.3) is 0 Å². The Morgan fingerprint density at radius 3 is 2.52 bits per heavy atom. The number of carbonyl (C=O) groups is 2. The summed E-state index contributed by atoms with van der Waals surface area (Å²) in [7, 11) is 0. The fourth-order valence-corrected chi connectivity index (χ4v) is 2.76. The van der Waals surface area contributed by atoms with Crippen LogP contribution in [0.5, 0.6) is 0 Å². The van der Waals surface area contributed by atoms with Gasteiger partial charge in [0.1, 0.15) is 0 Å². The molecular formula is C18H32N2O3. The minimum Gasteiger partial charge on any atom is -0.513 e. The van der Waals surface area contributed by atoms with E-state index >= 15 is 0 Å². The number of ketones is 1. The molecule has 0 radical (unpaired) electrons. The quantitative estimate of drug-likeness (QED) is 0.359. The highest BCUT2D eigenvalue weighted by atomic mass is 16.3. The molecule has 0 aliphatic heterocycles. The molecule has 132 valence electrons. The van der Waals surface area contributed by atoms with E-state index < -0.39 is 6.04 Å². The van der Waals surface area contributed by atoms with Crippen LogP contribution in [0.15, 0.2) is 12.3 Å². The molecule has 1 fully saturated rings. The topological polar surface area (TPSA) is 78.4 Å². The molecule has 0 aromatic carbocycles. The van der Waals surface area contributed by atoms with Crippen molar-refractivity contribution < 1.29 is 14.7 Å². The van der Waals surface area contributed by atoms with Crippen molar-refractivity contribution in [2.45, 2.75) is 64.8 Å². The molecular weight excluding hydrogens is 292 g/mol. The van der Waals surface area contributed by atoms with E-state index in [1.165, 1.54) is 0 Å². The first kappa shape index (κ1) is 19.7. The van der Waals surface area contributed by atoms with Gasteiger partial charge in [-0.15, -0.1) is 0 Å². The summed E-state index contributed by atoms with van der Waals surface area (Å²) in [4.78, 5) is 24.5. The molecule has 0 spiro atoms. The van der Waals surface area contributed by atoms with E-state index in [9.17, 15) is 14.7 Å². The summed E-state index contributed by atoms with van der Waals surface area (Å²) in [6, 6.07) is -0.641. The van der Waals surface area contributed by atoms with Crippen molar-refractivity contribution in [1.82, 2.24) is 10.6 Å². The van der Waals surface area contributed by atoms with Gasteiger partial charge in [0.2, 0.25) is 5.91 Å². The monoisotopic (exact) mass is 324 g/mol. The van der Waals surface area contributed by atoms with E-state index in [2.05, 4.69) is 24.1 Å². The zero-order valence-electron chi connectivity index (χ0n) is 14.6. The smallest absolute Gasteiger partial charge is 0.220 e. The largest absolute Gasteiger partial charge is 0.513 e. The number of hydrogen-bond donors (Lipinski definition) is 3. The lowest BCUT2D eigenvalue weighted by molar-refractivity contribution is -0.130. The summed E-state index contributed by atoms with van der Waals surface area (Å²) in [5.41, 5.74) is 0. The molecule has 0 bridgehead atoms. The van der Waals surface area contributed by atoms with Gasteiger partial charge in [-0.3, -0.25) is 9.59 Å². The zero-order valence-corrected chi connectivity index (χ0v) is 14.6. The summed E-state index contributed by atoms with van der Waals surface area (Å²) in [5, 5.41) is 15.5. The molecule has 1 amide bonds. The molecule has 0 aromatic heterocycles. The maximum absolute atomic E-state index is 12.5. The van der Waals surface area contributed by atoms with Crippen LogP contribution in [-0.4, -0.2) is 35.9 Å². The number of aliphatic hydroxyl groups is 1. The first-order chi connectivity index (χ1) is 11.0. The lowest BCUT2D eigenvalue weighted by atomic mass is 9.93. The van der Waals surface area contributed by atoms with E-state index in [0.29, 0.717) is 12.3 Å². The first-order valence-corrected chi connectivity index (χ1v) is 8.86. The van der Waals surface area contributed by atoms with E-state index in [-0.39, 0.29) is 29.8 Å². The lowest BCUT2D eigenvalue weighted by Crippen LogP contribution is -2.43.